The van der Waals surface area contributed by atoms with E-state index in [1.807, 2.05) is 7.05 Å². The smallest absolute Gasteiger partial charge is 0.166 e. The van der Waals surface area contributed by atoms with Gasteiger partial charge < -0.3 is 10.6 Å². The molecule has 0 radical (unpaired) electrons. The Balaban J connectivity index is 2.38. The summed E-state index contributed by atoms with van der Waals surface area (Å²) in [6.45, 7) is 2.12. The van der Waals surface area contributed by atoms with Gasteiger partial charge in [0.2, 0.25) is 0 Å². The molecule has 17 heavy (non-hydrogen) atoms. The third-order valence-electron chi connectivity index (χ3n) is 2.86. The molecule has 0 saturated heterocycles. The molecule has 3 heteroatoms. The molecule has 2 N–H and O–H groups in total. The fraction of sp³-hybridized carbons (Fsp3) is 0.214. The van der Waals surface area contributed by atoms with E-state index < -0.39 is 0 Å². The van der Waals surface area contributed by atoms with E-state index >= 15 is 0 Å². The molecular weight excluding hydrogens is 228 g/mol. The van der Waals surface area contributed by atoms with Crippen LogP contribution in [0.1, 0.15) is 18.5 Å². The van der Waals surface area contributed by atoms with Gasteiger partial charge in [-0.25, -0.2) is 0 Å². The Morgan fingerprint density at radius 1 is 1.12 bits per heavy atom. The maximum absolute atomic E-state index is 5.13. The third-order valence-corrected chi connectivity index (χ3v) is 3.19. The van der Waals surface area contributed by atoms with E-state index in [2.05, 4.69) is 60.0 Å². The van der Waals surface area contributed by atoms with E-state index in [9.17, 15) is 0 Å². The van der Waals surface area contributed by atoms with Crippen LogP contribution in [0.15, 0.2) is 42.5 Å². The zero-order chi connectivity index (χ0) is 12.3. The number of thiocarbonyl (C=S) groups is 1. The number of benzene rings is 2. The predicted molar refractivity (Wildman–Crippen MR) is 77.2 cm³/mol. The fourth-order valence-corrected chi connectivity index (χ4v) is 2.15. The van der Waals surface area contributed by atoms with Crippen LogP contribution < -0.4 is 10.6 Å². The van der Waals surface area contributed by atoms with E-state index in [1.54, 1.807) is 0 Å². The van der Waals surface area contributed by atoms with Crippen molar-refractivity contribution in [3.63, 3.8) is 0 Å². The molecule has 0 heterocycles. The number of nitrogens with one attached hydrogen (secondary N) is 2. The highest BCUT2D eigenvalue weighted by molar-refractivity contribution is 7.80. The molecule has 88 valence electrons. The molecule has 0 aromatic heterocycles. The van der Waals surface area contributed by atoms with Crippen molar-refractivity contribution < 1.29 is 0 Å². The first kappa shape index (κ1) is 11.9. The number of fused-ring (bicyclic) bond motifs is 1. The Morgan fingerprint density at radius 3 is 2.59 bits per heavy atom. The number of hydrogen-bond donors (Lipinski definition) is 2. The van der Waals surface area contributed by atoms with Crippen molar-refractivity contribution in [2.45, 2.75) is 13.0 Å². The van der Waals surface area contributed by atoms with Crippen molar-refractivity contribution in [2.75, 3.05) is 7.05 Å². The zero-order valence-corrected chi connectivity index (χ0v) is 10.8. The lowest BCUT2D eigenvalue weighted by Gasteiger charge is -2.17. The molecule has 0 aliphatic heterocycles. The molecule has 0 fully saturated rings. The maximum Gasteiger partial charge on any atom is 0.166 e. The molecule has 0 spiro atoms. The van der Waals surface area contributed by atoms with Crippen LogP contribution in [0.2, 0.25) is 0 Å². The predicted octanol–water partition coefficient (Wildman–Crippen LogP) is 2.99. The van der Waals surface area contributed by atoms with Gasteiger partial charge in [-0.1, -0.05) is 42.5 Å². The Morgan fingerprint density at radius 2 is 1.82 bits per heavy atom. The summed E-state index contributed by atoms with van der Waals surface area (Å²) in [6.07, 6.45) is 0. The SMILES string of the molecule is CNC(=S)N[C@H](C)c1cccc2ccccc12. The van der Waals surface area contributed by atoms with Gasteiger partial charge >= 0.3 is 0 Å². The summed E-state index contributed by atoms with van der Waals surface area (Å²) in [4.78, 5) is 0. The van der Waals surface area contributed by atoms with E-state index in [0.29, 0.717) is 5.11 Å². The number of hydrogen-bond acceptors (Lipinski definition) is 1. The lowest BCUT2D eigenvalue weighted by atomic mass is 10.00. The second-order valence-corrected chi connectivity index (χ2v) is 4.42. The van der Waals surface area contributed by atoms with E-state index in [-0.39, 0.29) is 6.04 Å². The molecule has 0 amide bonds. The second-order valence-electron chi connectivity index (χ2n) is 4.01. The van der Waals surface area contributed by atoms with Crippen molar-refractivity contribution in [3.05, 3.63) is 48.0 Å². The Labute approximate surface area is 107 Å². The molecular formula is C14H16N2S. The van der Waals surface area contributed by atoms with Gasteiger partial charge in [0.15, 0.2) is 5.11 Å². The minimum Gasteiger partial charge on any atom is -0.366 e. The van der Waals surface area contributed by atoms with Crippen LogP contribution in [0.5, 0.6) is 0 Å². The average Bonchev–Trinajstić information content (AvgIpc) is 2.37. The van der Waals surface area contributed by atoms with Crippen LogP contribution >= 0.6 is 12.2 Å². The largest absolute Gasteiger partial charge is 0.366 e. The normalized spacial score (nSPS) is 12.1. The van der Waals surface area contributed by atoms with E-state index in [4.69, 9.17) is 12.2 Å². The highest BCUT2D eigenvalue weighted by Gasteiger charge is 2.09. The van der Waals surface area contributed by atoms with Gasteiger partial charge in [-0.3, -0.25) is 0 Å². The molecule has 0 saturated carbocycles. The molecule has 2 aromatic rings. The highest BCUT2D eigenvalue weighted by Crippen LogP contribution is 2.23. The van der Waals surface area contributed by atoms with Crippen molar-refractivity contribution in [1.29, 1.82) is 0 Å². The molecule has 2 nitrogen and oxygen atoms in total. The fourth-order valence-electron chi connectivity index (χ4n) is 1.97. The summed E-state index contributed by atoms with van der Waals surface area (Å²) < 4.78 is 0. The molecule has 0 unspecified atom stereocenters. The molecule has 0 aliphatic carbocycles. The summed E-state index contributed by atoms with van der Waals surface area (Å²) in [5.41, 5.74) is 1.26. The van der Waals surface area contributed by atoms with Gasteiger partial charge in [0.1, 0.15) is 0 Å². The van der Waals surface area contributed by atoms with Gasteiger partial charge in [-0.15, -0.1) is 0 Å². The van der Waals surface area contributed by atoms with Gasteiger partial charge in [0.25, 0.3) is 0 Å². The minimum atomic E-state index is 0.195. The molecule has 0 aliphatic rings. The topological polar surface area (TPSA) is 24.1 Å². The third kappa shape index (κ3) is 2.56. The standard InChI is InChI=1S/C14H16N2S/c1-10(16-14(17)15-2)12-9-5-7-11-6-3-4-8-13(11)12/h3-10H,1-2H3,(H2,15,16,17)/t10-/m1/s1. The van der Waals surface area contributed by atoms with Crippen LogP contribution in [-0.4, -0.2) is 12.2 Å². The first-order chi connectivity index (χ1) is 8.22. The zero-order valence-electron chi connectivity index (χ0n) is 10.0. The monoisotopic (exact) mass is 244 g/mol. The van der Waals surface area contributed by atoms with Crippen LogP contribution in [0, 0.1) is 0 Å². The molecule has 2 aromatic carbocycles. The first-order valence-electron chi connectivity index (χ1n) is 5.68. The highest BCUT2D eigenvalue weighted by atomic mass is 32.1. The quantitative estimate of drug-likeness (QED) is 0.794. The molecule has 2 rings (SSSR count). The Bertz CT molecular complexity index is 531. The van der Waals surface area contributed by atoms with E-state index in [0.717, 1.165) is 0 Å². The summed E-state index contributed by atoms with van der Waals surface area (Å²) in [6, 6.07) is 14.9. The minimum absolute atomic E-state index is 0.195. The summed E-state index contributed by atoms with van der Waals surface area (Å²) in [5.74, 6) is 0. The van der Waals surface area contributed by atoms with Crippen molar-refractivity contribution in [3.8, 4) is 0 Å². The van der Waals surface area contributed by atoms with Crippen molar-refractivity contribution in [2.24, 2.45) is 0 Å². The molecule has 1 atom stereocenters. The maximum atomic E-state index is 5.13. The summed E-state index contributed by atoms with van der Waals surface area (Å²) >= 11 is 5.13. The van der Waals surface area contributed by atoms with Crippen LogP contribution in [-0.2, 0) is 0 Å². The van der Waals surface area contributed by atoms with Gasteiger partial charge in [-0.05, 0) is 35.5 Å². The lowest BCUT2D eigenvalue weighted by Crippen LogP contribution is -2.34. The summed E-state index contributed by atoms with van der Waals surface area (Å²) in [7, 11) is 1.82. The van der Waals surface area contributed by atoms with Gasteiger partial charge in [-0.2, -0.15) is 0 Å². The second kappa shape index (κ2) is 5.15. The molecule has 0 bridgehead atoms. The average molecular weight is 244 g/mol. The van der Waals surface area contributed by atoms with Crippen LogP contribution in [0.4, 0.5) is 0 Å². The Kier molecular flexibility index (Phi) is 3.59. The number of rotatable bonds is 2. The van der Waals surface area contributed by atoms with Crippen LogP contribution in [0.3, 0.4) is 0 Å². The van der Waals surface area contributed by atoms with Crippen molar-refractivity contribution in [1.82, 2.24) is 10.6 Å². The van der Waals surface area contributed by atoms with Crippen molar-refractivity contribution >= 4 is 28.1 Å². The Hall–Kier alpha value is -1.61. The first-order valence-corrected chi connectivity index (χ1v) is 6.09. The van der Waals surface area contributed by atoms with Gasteiger partial charge in [0.05, 0.1) is 6.04 Å². The lowest BCUT2D eigenvalue weighted by molar-refractivity contribution is 0.715. The van der Waals surface area contributed by atoms with Crippen LogP contribution in [0.25, 0.3) is 10.8 Å². The summed E-state index contributed by atoms with van der Waals surface area (Å²) in [5, 5.41) is 9.39. The van der Waals surface area contributed by atoms with Gasteiger partial charge in [0, 0.05) is 7.05 Å². The van der Waals surface area contributed by atoms with E-state index in [1.165, 1.54) is 16.3 Å².